The average molecular weight is 1040 g/mol. The molecule has 0 spiro atoms. The number of carbonyl (C=O) groups excluding carboxylic acids is 5. The van der Waals surface area contributed by atoms with Crippen LogP contribution in [0.1, 0.15) is 116 Å². The minimum absolute atomic E-state index is 0.000458. The fourth-order valence-corrected chi connectivity index (χ4v) is 6.17. The number of alkyl halides is 1. The van der Waals surface area contributed by atoms with Crippen molar-refractivity contribution in [1.29, 1.82) is 0 Å². The highest BCUT2D eigenvalue weighted by atomic mass is 127. The number of nitrogens with zero attached hydrogens (tertiary/aromatic N) is 2. The number of nitrogen functional groups attached to an aromatic ring is 1. The number of anilines is 1. The lowest BCUT2D eigenvalue weighted by Gasteiger charge is -2.19. The van der Waals surface area contributed by atoms with E-state index in [0.717, 1.165) is 39.9 Å². The number of amides is 2. The lowest BCUT2D eigenvalue weighted by atomic mass is 10.0. The second-order valence-electron chi connectivity index (χ2n) is 16.1. The molecule has 15 nitrogen and oxygen atoms in total. The molecule has 5 N–H and O–H groups in total. The summed E-state index contributed by atoms with van der Waals surface area (Å²) in [7, 11) is 0. The van der Waals surface area contributed by atoms with Crippen molar-refractivity contribution < 1.29 is 49.5 Å². The summed E-state index contributed by atoms with van der Waals surface area (Å²) in [5, 5.41) is 18.2. The summed E-state index contributed by atoms with van der Waals surface area (Å²) >= 11 is 4.76. The highest BCUT2D eigenvalue weighted by Gasteiger charge is 2.18. The summed E-state index contributed by atoms with van der Waals surface area (Å²) < 4.78 is 21.3. The second-order valence-corrected chi connectivity index (χ2v) is 18.2. The predicted molar refractivity (Wildman–Crippen MR) is 261 cm³/mol. The van der Waals surface area contributed by atoms with Gasteiger partial charge in [0.1, 0.15) is 16.9 Å². The molecular weight excluding hydrogens is 974 g/mol. The van der Waals surface area contributed by atoms with E-state index in [0.29, 0.717) is 48.4 Å². The molecule has 0 saturated carbocycles. The molecule has 0 aliphatic carbocycles. The van der Waals surface area contributed by atoms with Gasteiger partial charge < -0.3 is 35.7 Å². The number of hydrogen-bond acceptors (Lipinski definition) is 14. The first kappa shape index (κ1) is 55.3. The number of carboxylic acid groups (broad SMARTS) is 1. The largest absolute Gasteiger partial charge is 0.476 e. The van der Waals surface area contributed by atoms with Crippen LogP contribution in [-0.4, -0.2) is 93.0 Å². The van der Waals surface area contributed by atoms with Crippen LogP contribution in [-0.2, 0) is 43.1 Å². The van der Waals surface area contributed by atoms with Crippen molar-refractivity contribution in [2.75, 3.05) is 36.9 Å². The van der Waals surface area contributed by atoms with Crippen molar-refractivity contribution in [2.24, 2.45) is 0 Å². The molecule has 0 unspecified atom stereocenters. The third-order valence-electron chi connectivity index (χ3n) is 7.98. The zero-order chi connectivity index (χ0) is 49.0. The summed E-state index contributed by atoms with van der Waals surface area (Å²) in [6.07, 6.45) is 3.61. The number of ketones is 3. The highest BCUT2D eigenvalue weighted by Crippen LogP contribution is 2.14. The molecular formula is C46H64IN5O10S2. The van der Waals surface area contributed by atoms with Crippen molar-refractivity contribution in [3.8, 4) is 0 Å². The summed E-state index contributed by atoms with van der Waals surface area (Å²) in [5.74, 6) is -1.06. The number of nitrogens with two attached hydrogens (primary N) is 1. The number of hydrogen-bond donors (Lipinski definition) is 4. The van der Waals surface area contributed by atoms with Crippen LogP contribution < -0.4 is 16.4 Å². The van der Waals surface area contributed by atoms with Crippen molar-refractivity contribution in [2.45, 2.75) is 112 Å². The van der Waals surface area contributed by atoms with Crippen LogP contribution in [0.25, 0.3) is 0 Å². The number of aromatic nitrogens is 2. The van der Waals surface area contributed by atoms with Gasteiger partial charge in [-0.05, 0) is 115 Å². The van der Waals surface area contributed by atoms with Gasteiger partial charge in [-0.3, -0.25) is 14.4 Å². The van der Waals surface area contributed by atoms with E-state index < -0.39 is 29.4 Å². The second kappa shape index (κ2) is 30.4. The Morgan fingerprint density at radius 2 is 1.12 bits per heavy atom. The maximum absolute atomic E-state index is 12.2. The Bertz CT molecular complexity index is 2050. The minimum Gasteiger partial charge on any atom is -0.476 e. The van der Waals surface area contributed by atoms with Crippen LogP contribution in [0.5, 0.6) is 0 Å². The normalized spacial score (nSPS) is 11.8. The lowest BCUT2D eigenvalue weighted by Crippen LogP contribution is -2.35. The van der Waals surface area contributed by atoms with Crippen LogP contribution in [0.2, 0.25) is 0 Å². The number of thiazole rings is 2. The van der Waals surface area contributed by atoms with Crippen LogP contribution in [0, 0.1) is 13.8 Å². The number of halogens is 1. The van der Waals surface area contributed by atoms with Gasteiger partial charge in [0.05, 0.1) is 23.1 Å². The summed E-state index contributed by atoms with van der Waals surface area (Å²) in [6.45, 7) is 16.2. The summed E-state index contributed by atoms with van der Waals surface area (Å²) in [4.78, 5) is 77.3. The van der Waals surface area contributed by atoms with E-state index in [9.17, 15) is 28.8 Å². The van der Waals surface area contributed by atoms with E-state index in [4.69, 9.17) is 26.4 Å². The van der Waals surface area contributed by atoms with Crippen molar-refractivity contribution in [1.82, 2.24) is 20.6 Å². The molecule has 3 heterocycles. The van der Waals surface area contributed by atoms with Gasteiger partial charge >= 0.3 is 18.2 Å². The van der Waals surface area contributed by atoms with E-state index in [2.05, 4.69) is 20.6 Å². The molecule has 64 heavy (non-hydrogen) atoms. The number of ether oxygens (including phenoxy) is 3. The minimum atomic E-state index is -0.959. The summed E-state index contributed by atoms with van der Waals surface area (Å²) in [5.41, 5.74) is 8.75. The van der Waals surface area contributed by atoms with E-state index in [1.54, 1.807) is 66.0 Å². The average Bonchev–Trinajstić information content (AvgIpc) is 4.04. The standard InChI is InChI=1S/C21H26N2O4S.C15H22N2O3.C5H5NO2S.C4H8O.CH3I/c1-14-23-18(13-28-14)19(25)11-16-7-5-15(6-8-16)9-10-17(24)12-22-20(26)27-21(2,3)4;1-15(2,3)20-14(19)17-10-13(18)9-6-11-4-7-12(16)8-5-11;1-3-6-4(2-9-3)5(7)8;1-2-4-5-3-1;1-2/h5-8,13H,9-12H2,1-4H3,(H,22,26);4-5,7-8H,6,9-10,16H2,1-3H3,(H,17,19);2H,1H3,(H,7,8);1-4H2;1H3/i;;;;1D. The number of rotatable bonds is 14. The molecule has 0 radical (unpaired) electrons. The number of alkyl carbamates (subject to hydrolysis) is 2. The van der Waals surface area contributed by atoms with Gasteiger partial charge in [-0.2, -0.15) is 0 Å². The van der Waals surface area contributed by atoms with Crippen molar-refractivity contribution in [3.05, 3.63) is 97.4 Å². The molecule has 2 aromatic carbocycles. The number of carboxylic acids is 1. The fraction of sp³-hybridized carbons (Fsp3) is 0.478. The third-order valence-corrected chi connectivity index (χ3v) is 9.53. The van der Waals surface area contributed by atoms with Gasteiger partial charge in [-0.15, -0.1) is 22.7 Å². The van der Waals surface area contributed by atoms with Crippen molar-refractivity contribution >= 4 is 86.5 Å². The van der Waals surface area contributed by atoms with Gasteiger partial charge in [0.2, 0.25) is 0 Å². The number of benzene rings is 2. The summed E-state index contributed by atoms with van der Waals surface area (Å²) in [6, 6.07) is 15.0. The molecule has 0 bridgehead atoms. The number of nitrogens with one attached hydrogen (secondary N) is 2. The predicted octanol–water partition coefficient (Wildman–Crippen LogP) is 9.20. The van der Waals surface area contributed by atoms with Gasteiger partial charge in [0.25, 0.3) is 0 Å². The van der Waals surface area contributed by atoms with E-state index in [-0.39, 0.29) is 36.1 Å². The van der Waals surface area contributed by atoms with Gasteiger partial charge in [-0.1, -0.05) is 59.0 Å². The van der Waals surface area contributed by atoms with E-state index in [1.165, 1.54) is 40.9 Å². The first-order valence-corrected chi connectivity index (χ1v) is 23.7. The zero-order valence-corrected chi connectivity index (χ0v) is 41.8. The molecule has 1 aliphatic rings. The topological polar surface area (TPSA) is 226 Å². The number of carbonyl (C=O) groups is 6. The molecule has 1 aliphatic heterocycles. The van der Waals surface area contributed by atoms with Crippen LogP contribution in [0.4, 0.5) is 15.3 Å². The molecule has 352 valence electrons. The van der Waals surface area contributed by atoms with Crippen LogP contribution in [0.3, 0.4) is 0 Å². The van der Waals surface area contributed by atoms with E-state index in [1.807, 2.05) is 65.9 Å². The number of Topliss-reactive ketones (excluding diaryl/α,β-unsaturated/α-hetero) is 3. The van der Waals surface area contributed by atoms with Crippen LogP contribution >= 0.6 is 45.3 Å². The highest BCUT2D eigenvalue weighted by molar-refractivity contribution is 14.1. The first-order valence-electron chi connectivity index (χ1n) is 21.1. The Morgan fingerprint density at radius 3 is 1.45 bits per heavy atom. The fourth-order valence-electron chi connectivity index (χ4n) is 4.96. The molecule has 1 fully saturated rings. The molecule has 0 atom stereocenters. The molecule has 2 amide bonds. The SMILES string of the molecule is C1CCOC1.CC(C)(C)OC(=O)NCC(=O)CCc1ccc(N)cc1.Cc1nc(C(=O)Cc2ccc(CCC(=O)CNC(=O)OC(C)(C)C)cc2)cs1.Cc1nc(C(=O)O)cs1.[2H]CI. The van der Waals surface area contributed by atoms with Crippen molar-refractivity contribution in [3.63, 3.8) is 0 Å². The van der Waals surface area contributed by atoms with Gasteiger partial charge in [0, 0.05) is 50.3 Å². The molecule has 1 saturated heterocycles. The zero-order valence-electron chi connectivity index (χ0n) is 39.0. The molecule has 2 aromatic heterocycles. The Hall–Kier alpha value is -4.79. The van der Waals surface area contributed by atoms with Gasteiger partial charge in [-0.25, -0.2) is 24.4 Å². The Morgan fingerprint density at radius 1 is 0.734 bits per heavy atom. The quantitative estimate of drug-likeness (QED) is 0.0400. The maximum atomic E-state index is 12.2. The van der Waals surface area contributed by atoms with Crippen LogP contribution in [0.15, 0.2) is 59.3 Å². The maximum Gasteiger partial charge on any atom is 0.408 e. The monoisotopic (exact) mass is 1040 g/mol. The molecule has 18 heteroatoms. The third kappa shape index (κ3) is 28.1. The Kier molecular flexibility index (Phi) is 26.3. The Balaban J connectivity index is 0.000000489. The lowest BCUT2D eigenvalue weighted by molar-refractivity contribution is -0.119. The van der Waals surface area contributed by atoms with E-state index >= 15 is 0 Å². The Labute approximate surface area is 400 Å². The smallest absolute Gasteiger partial charge is 0.408 e. The number of aryl methyl sites for hydroxylation is 4. The first-order chi connectivity index (χ1) is 30.5. The van der Waals surface area contributed by atoms with Gasteiger partial charge in [0.15, 0.2) is 23.0 Å². The molecule has 4 aromatic rings. The molecule has 5 rings (SSSR count). The number of aromatic carboxylic acids is 1.